The highest BCUT2D eigenvalue weighted by atomic mass is 16.5. The van der Waals surface area contributed by atoms with Crippen LogP contribution in [0, 0.1) is 6.92 Å². The van der Waals surface area contributed by atoms with Crippen molar-refractivity contribution in [1.82, 2.24) is 15.5 Å². The standard InChI is InChI=1S/C25H35N3O3/c1-6-21(27-25(29)26-7-2)24-20-15-23(31-5)22(30-4)14-18(20)12-13-28(24)16-19-11-9-8-10-17(19)3/h8-11,14-15,21,24H,6-7,12-13,16H2,1-5H3,(H2,26,27,29). The molecule has 1 aliphatic heterocycles. The van der Waals surface area contributed by atoms with Crippen LogP contribution in [0.5, 0.6) is 11.5 Å². The minimum Gasteiger partial charge on any atom is -0.493 e. The second-order valence-corrected chi connectivity index (χ2v) is 8.02. The summed E-state index contributed by atoms with van der Waals surface area (Å²) in [7, 11) is 3.33. The minimum atomic E-state index is -0.127. The lowest BCUT2D eigenvalue weighted by Gasteiger charge is -2.42. The van der Waals surface area contributed by atoms with E-state index < -0.39 is 0 Å². The molecule has 0 saturated heterocycles. The zero-order valence-corrected chi connectivity index (χ0v) is 19.3. The summed E-state index contributed by atoms with van der Waals surface area (Å²) in [5.74, 6) is 1.47. The van der Waals surface area contributed by atoms with Crippen molar-refractivity contribution in [3.63, 3.8) is 0 Å². The summed E-state index contributed by atoms with van der Waals surface area (Å²) in [6, 6.07) is 12.6. The third kappa shape index (κ3) is 5.13. The summed E-state index contributed by atoms with van der Waals surface area (Å²) in [5, 5.41) is 6.09. The van der Waals surface area contributed by atoms with Gasteiger partial charge in [-0.1, -0.05) is 31.2 Å². The number of rotatable bonds is 8. The van der Waals surface area contributed by atoms with Crippen LogP contribution in [-0.2, 0) is 13.0 Å². The van der Waals surface area contributed by atoms with Crippen LogP contribution in [0.4, 0.5) is 4.79 Å². The second kappa shape index (κ2) is 10.5. The molecule has 0 radical (unpaired) electrons. The average molecular weight is 426 g/mol. The zero-order valence-electron chi connectivity index (χ0n) is 19.3. The molecule has 2 amide bonds. The number of nitrogens with one attached hydrogen (secondary N) is 2. The number of nitrogens with zero attached hydrogens (tertiary/aromatic N) is 1. The lowest BCUT2D eigenvalue weighted by Crippen LogP contribution is -2.50. The maximum atomic E-state index is 12.4. The minimum absolute atomic E-state index is 0.0345. The SMILES string of the molecule is CCNC(=O)NC(CC)C1c2cc(OC)c(OC)cc2CCN1Cc1ccccc1C. The van der Waals surface area contributed by atoms with Gasteiger partial charge in [-0.2, -0.15) is 0 Å². The van der Waals surface area contributed by atoms with Gasteiger partial charge in [-0.15, -0.1) is 0 Å². The van der Waals surface area contributed by atoms with Crippen molar-refractivity contribution >= 4 is 6.03 Å². The first-order valence-corrected chi connectivity index (χ1v) is 11.1. The molecular formula is C25H35N3O3. The number of urea groups is 1. The van der Waals surface area contributed by atoms with Crippen molar-refractivity contribution in [1.29, 1.82) is 0 Å². The molecule has 2 N–H and O–H groups in total. The van der Waals surface area contributed by atoms with Crippen molar-refractivity contribution in [2.45, 2.75) is 52.2 Å². The molecule has 0 aromatic heterocycles. The predicted octanol–water partition coefficient (Wildman–Crippen LogP) is 4.21. The van der Waals surface area contributed by atoms with E-state index in [4.69, 9.17) is 9.47 Å². The predicted molar refractivity (Wildman–Crippen MR) is 124 cm³/mol. The van der Waals surface area contributed by atoms with Crippen LogP contribution in [0.1, 0.15) is 48.6 Å². The number of carbonyl (C=O) groups is 1. The number of hydrogen-bond acceptors (Lipinski definition) is 4. The number of carbonyl (C=O) groups excluding carboxylic acids is 1. The summed E-state index contributed by atoms with van der Waals surface area (Å²) >= 11 is 0. The first-order chi connectivity index (χ1) is 15.0. The maximum absolute atomic E-state index is 12.4. The number of fused-ring (bicyclic) bond motifs is 1. The van der Waals surface area contributed by atoms with Crippen molar-refractivity contribution < 1.29 is 14.3 Å². The number of aryl methyl sites for hydroxylation is 1. The third-order valence-corrected chi connectivity index (χ3v) is 6.14. The molecule has 1 aliphatic rings. The Hall–Kier alpha value is -2.73. The largest absolute Gasteiger partial charge is 0.493 e. The Kier molecular flexibility index (Phi) is 7.80. The Morgan fingerprint density at radius 2 is 1.87 bits per heavy atom. The van der Waals surface area contributed by atoms with Crippen LogP contribution in [0.2, 0.25) is 0 Å². The average Bonchev–Trinajstić information content (AvgIpc) is 2.78. The van der Waals surface area contributed by atoms with Gasteiger partial charge in [-0.25, -0.2) is 4.79 Å². The van der Waals surface area contributed by atoms with E-state index in [0.29, 0.717) is 6.54 Å². The summed E-state index contributed by atoms with van der Waals surface area (Å²) in [6.45, 7) is 8.55. The molecule has 3 rings (SSSR count). The van der Waals surface area contributed by atoms with Crippen molar-refractivity contribution in [2.24, 2.45) is 0 Å². The van der Waals surface area contributed by atoms with Crippen molar-refractivity contribution in [3.8, 4) is 11.5 Å². The summed E-state index contributed by atoms with van der Waals surface area (Å²) in [5.41, 5.74) is 5.04. The molecule has 168 valence electrons. The molecule has 2 aromatic rings. The van der Waals surface area contributed by atoms with Crippen LogP contribution in [0.3, 0.4) is 0 Å². The molecule has 2 atom stereocenters. The van der Waals surface area contributed by atoms with E-state index in [1.54, 1.807) is 14.2 Å². The van der Waals surface area contributed by atoms with E-state index in [1.807, 2.05) is 6.92 Å². The molecule has 1 heterocycles. The molecule has 0 bridgehead atoms. The molecule has 0 aliphatic carbocycles. The number of methoxy groups -OCH3 is 2. The van der Waals surface area contributed by atoms with Gasteiger partial charge in [0.1, 0.15) is 0 Å². The van der Waals surface area contributed by atoms with Crippen LogP contribution < -0.4 is 20.1 Å². The van der Waals surface area contributed by atoms with Crippen molar-refractivity contribution in [3.05, 3.63) is 58.7 Å². The fourth-order valence-electron chi connectivity index (χ4n) is 4.47. The fraction of sp³-hybridized carbons (Fsp3) is 0.480. The molecule has 0 saturated carbocycles. The quantitative estimate of drug-likeness (QED) is 0.665. The van der Waals surface area contributed by atoms with E-state index in [-0.39, 0.29) is 18.1 Å². The highest BCUT2D eigenvalue weighted by Gasteiger charge is 2.35. The Bertz CT molecular complexity index is 900. The first kappa shape index (κ1) is 22.9. The van der Waals surface area contributed by atoms with Gasteiger partial charge in [0.05, 0.1) is 26.3 Å². The maximum Gasteiger partial charge on any atom is 0.315 e. The number of hydrogen-bond donors (Lipinski definition) is 2. The first-order valence-electron chi connectivity index (χ1n) is 11.1. The lowest BCUT2D eigenvalue weighted by molar-refractivity contribution is 0.135. The summed E-state index contributed by atoms with van der Waals surface area (Å²) < 4.78 is 11.2. The third-order valence-electron chi connectivity index (χ3n) is 6.14. The van der Waals surface area contributed by atoms with E-state index in [0.717, 1.165) is 37.4 Å². The molecule has 0 spiro atoms. The van der Waals surface area contributed by atoms with E-state index >= 15 is 0 Å². The van der Waals surface area contributed by atoms with E-state index in [1.165, 1.54) is 22.3 Å². The topological polar surface area (TPSA) is 62.8 Å². The zero-order chi connectivity index (χ0) is 22.4. The monoisotopic (exact) mass is 425 g/mol. The Morgan fingerprint density at radius 1 is 1.16 bits per heavy atom. The molecule has 6 heteroatoms. The van der Waals surface area contributed by atoms with Crippen LogP contribution >= 0.6 is 0 Å². The Morgan fingerprint density at radius 3 is 2.52 bits per heavy atom. The van der Waals surface area contributed by atoms with Gasteiger partial charge in [-0.05, 0) is 61.1 Å². The van der Waals surface area contributed by atoms with Gasteiger partial charge in [-0.3, -0.25) is 4.90 Å². The van der Waals surface area contributed by atoms with E-state index in [2.05, 4.69) is 65.8 Å². The molecule has 6 nitrogen and oxygen atoms in total. The van der Waals surface area contributed by atoms with Gasteiger partial charge in [0.15, 0.2) is 11.5 Å². The molecule has 2 aromatic carbocycles. The highest BCUT2D eigenvalue weighted by Crippen LogP contribution is 2.40. The van der Waals surface area contributed by atoms with Gasteiger partial charge >= 0.3 is 6.03 Å². The van der Waals surface area contributed by atoms with Crippen LogP contribution in [0.15, 0.2) is 36.4 Å². The summed E-state index contributed by atoms with van der Waals surface area (Å²) in [6.07, 6.45) is 1.75. The van der Waals surface area contributed by atoms with Gasteiger partial charge in [0.2, 0.25) is 0 Å². The van der Waals surface area contributed by atoms with Gasteiger partial charge in [0.25, 0.3) is 0 Å². The molecular weight excluding hydrogens is 390 g/mol. The lowest BCUT2D eigenvalue weighted by atomic mass is 9.86. The van der Waals surface area contributed by atoms with E-state index in [9.17, 15) is 4.79 Å². The van der Waals surface area contributed by atoms with Crippen LogP contribution in [0.25, 0.3) is 0 Å². The number of ether oxygens (including phenoxy) is 2. The molecule has 31 heavy (non-hydrogen) atoms. The fourth-order valence-corrected chi connectivity index (χ4v) is 4.47. The Balaban J connectivity index is 2.03. The highest BCUT2D eigenvalue weighted by molar-refractivity contribution is 5.74. The molecule has 0 fully saturated rings. The molecule has 2 unspecified atom stereocenters. The normalized spacial score (nSPS) is 16.9. The second-order valence-electron chi connectivity index (χ2n) is 8.02. The Labute approximate surface area is 185 Å². The number of benzene rings is 2. The number of amides is 2. The van der Waals surface area contributed by atoms with Gasteiger partial charge < -0.3 is 20.1 Å². The van der Waals surface area contributed by atoms with Crippen molar-refractivity contribution in [2.75, 3.05) is 27.3 Å². The smallest absolute Gasteiger partial charge is 0.315 e. The van der Waals surface area contributed by atoms with Crippen LogP contribution in [-0.4, -0.2) is 44.3 Å². The summed E-state index contributed by atoms with van der Waals surface area (Å²) in [4.78, 5) is 14.9. The van der Waals surface area contributed by atoms with Gasteiger partial charge in [0, 0.05) is 19.6 Å².